The Morgan fingerprint density at radius 3 is 2.62 bits per heavy atom. The largest absolute Gasteiger partial charge is 0.399 e. The van der Waals surface area contributed by atoms with E-state index in [9.17, 15) is 13.5 Å². The van der Waals surface area contributed by atoms with E-state index < -0.39 is 15.3 Å². The van der Waals surface area contributed by atoms with Gasteiger partial charge >= 0.3 is 0 Å². The standard InChI is InChI=1S/C10H15NO3S2/c1-7(12)16(13,14)10-6-9(11)3-2-8(10)4-5-15/h2-3,6-7,12,15H,4-5,11H2,1H3. The van der Waals surface area contributed by atoms with Gasteiger partial charge in [-0.1, -0.05) is 6.07 Å². The van der Waals surface area contributed by atoms with Gasteiger partial charge < -0.3 is 10.8 Å². The van der Waals surface area contributed by atoms with Crippen LogP contribution in [0.5, 0.6) is 0 Å². The van der Waals surface area contributed by atoms with Crippen LogP contribution in [0.1, 0.15) is 12.5 Å². The number of hydrogen-bond donors (Lipinski definition) is 3. The van der Waals surface area contributed by atoms with Crippen LogP contribution in [-0.4, -0.2) is 24.7 Å². The molecule has 3 N–H and O–H groups in total. The zero-order chi connectivity index (χ0) is 12.3. The average molecular weight is 261 g/mol. The van der Waals surface area contributed by atoms with Crippen molar-refractivity contribution in [3.8, 4) is 0 Å². The summed E-state index contributed by atoms with van der Waals surface area (Å²) in [5.74, 6) is 0.534. The van der Waals surface area contributed by atoms with Crippen LogP contribution in [0.2, 0.25) is 0 Å². The van der Waals surface area contributed by atoms with Crippen LogP contribution in [0.25, 0.3) is 0 Å². The molecule has 0 radical (unpaired) electrons. The highest BCUT2D eigenvalue weighted by Gasteiger charge is 2.23. The summed E-state index contributed by atoms with van der Waals surface area (Å²) in [5.41, 5.74) is 5.11. The Hall–Kier alpha value is -0.720. The molecule has 0 fully saturated rings. The molecule has 0 aliphatic carbocycles. The first-order valence-corrected chi connectivity index (χ1v) is 6.98. The number of anilines is 1. The van der Waals surface area contributed by atoms with Gasteiger partial charge in [-0.05, 0) is 36.8 Å². The highest BCUT2D eigenvalue weighted by atomic mass is 32.2. The summed E-state index contributed by atoms with van der Waals surface area (Å²) in [6.45, 7) is 1.23. The van der Waals surface area contributed by atoms with Gasteiger partial charge in [-0.3, -0.25) is 0 Å². The molecule has 0 spiro atoms. The minimum Gasteiger partial charge on any atom is -0.399 e. The first kappa shape index (κ1) is 13.3. The summed E-state index contributed by atoms with van der Waals surface area (Å²) in [6, 6.07) is 4.67. The number of thiol groups is 1. The lowest BCUT2D eigenvalue weighted by molar-refractivity contribution is 0.268. The van der Waals surface area contributed by atoms with Gasteiger partial charge in [-0.15, -0.1) is 0 Å². The number of rotatable bonds is 4. The lowest BCUT2D eigenvalue weighted by Gasteiger charge is -2.12. The summed E-state index contributed by atoms with van der Waals surface area (Å²) < 4.78 is 23.7. The molecule has 0 saturated carbocycles. The Bertz CT molecular complexity index is 469. The van der Waals surface area contributed by atoms with Crippen LogP contribution in [0.4, 0.5) is 5.69 Å². The number of hydrogen-bond acceptors (Lipinski definition) is 5. The molecule has 0 heterocycles. The Balaban J connectivity index is 3.36. The number of nitrogen functional groups attached to an aromatic ring is 1. The van der Waals surface area contributed by atoms with Crippen molar-refractivity contribution in [2.45, 2.75) is 23.7 Å². The fourth-order valence-corrected chi connectivity index (χ4v) is 2.79. The molecule has 1 unspecified atom stereocenters. The van der Waals surface area contributed by atoms with Crippen molar-refractivity contribution >= 4 is 28.2 Å². The molecule has 0 bridgehead atoms. The van der Waals surface area contributed by atoms with E-state index in [2.05, 4.69) is 12.6 Å². The molecule has 1 atom stereocenters. The van der Waals surface area contributed by atoms with Crippen molar-refractivity contribution in [3.05, 3.63) is 23.8 Å². The van der Waals surface area contributed by atoms with Gasteiger partial charge in [0.05, 0.1) is 4.90 Å². The van der Waals surface area contributed by atoms with E-state index in [1.54, 1.807) is 12.1 Å². The summed E-state index contributed by atoms with van der Waals surface area (Å²) in [7, 11) is -3.71. The molecule has 90 valence electrons. The third-order valence-electron chi connectivity index (χ3n) is 2.23. The van der Waals surface area contributed by atoms with E-state index >= 15 is 0 Å². The molecule has 1 rings (SSSR count). The van der Waals surface area contributed by atoms with Gasteiger partial charge in [-0.2, -0.15) is 12.6 Å². The fourth-order valence-electron chi connectivity index (χ4n) is 1.35. The maximum Gasteiger partial charge on any atom is 0.204 e. The molecule has 0 saturated heterocycles. The molecule has 1 aromatic rings. The molecule has 0 amide bonds. The topological polar surface area (TPSA) is 80.4 Å². The SMILES string of the molecule is CC(O)S(=O)(=O)c1cc(N)ccc1CCS. The van der Waals surface area contributed by atoms with E-state index in [-0.39, 0.29) is 4.90 Å². The van der Waals surface area contributed by atoms with E-state index in [1.807, 2.05) is 0 Å². The first-order valence-electron chi connectivity index (χ1n) is 4.81. The molecule has 0 aliphatic heterocycles. The monoisotopic (exact) mass is 261 g/mol. The predicted octanol–water partition coefficient (Wildman–Crippen LogP) is 0.853. The van der Waals surface area contributed by atoms with Crippen LogP contribution in [0.3, 0.4) is 0 Å². The summed E-state index contributed by atoms with van der Waals surface area (Å²) in [6.07, 6.45) is 0.519. The van der Waals surface area contributed by atoms with Crippen LogP contribution < -0.4 is 5.73 Å². The highest BCUT2D eigenvalue weighted by molar-refractivity contribution is 7.91. The normalized spacial score (nSPS) is 13.7. The van der Waals surface area contributed by atoms with E-state index in [0.29, 0.717) is 23.4 Å². The molecule has 1 aromatic carbocycles. The van der Waals surface area contributed by atoms with Crippen molar-refractivity contribution in [2.24, 2.45) is 0 Å². The molecule has 0 aliphatic rings. The third-order valence-corrected chi connectivity index (χ3v) is 4.34. The maximum absolute atomic E-state index is 11.8. The van der Waals surface area contributed by atoms with Gasteiger partial charge in [0.2, 0.25) is 9.84 Å². The molecular weight excluding hydrogens is 246 g/mol. The quantitative estimate of drug-likeness (QED) is 0.554. The van der Waals surface area contributed by atoms with Crippen molar-refractivity contribution in [1.82, 2.24) is 0 Å². The molecule has 6 heteroatoms. The molecule has 4 nitrogen and oxygen atoms in total. The number of benzene rings is 1. The zero-order valence-corrected chi connectivity index (χ0v) is 10.6. The number of nitrogens with two attached hydrogens (primary N) is 1. The maximum atomic E-state index is 11.8. The Morgan fingerprint density at radius 2 is 2.12 bits per heavy atom. The van der Waals surface area contributed by atoms with Crippen molar-refractivity contribution < 1.29 is 13.5 Å². The molecule has 16 heavy (non-hydrogen) atoms. The highest BCUT2D eigenvalue weighted by Crippen LogP contribution is 2.23. The van der Waals surface area contributed by atoms with Crippen molar-refractivity contribution in [1.29, 1.82) is 0 Å². The van der Waals surface area contributed by atoms with Crippen LogP contribution in [-0.2, 0) is 16.3 Å². The average Bonchev–Trinajstić information content (AvgIpc) is 2.20. The van der Waals surface area contributed by atoms with Crippen molar-refractivity contribution in [3.63, 3.8) is 0 Å². The Labute approximate surface area is 101 Å². The van der Waals surface area contributed by atoms with Crippen LogP contribution in [0.15, 0.2) is 23.1 Å². The third kappa shape index (κ3) is 2.69. The number of aliphatic hydroxyl groups is 1. The predicted molar refractivity (Wildman–Crippen MR) is 67.3 cm³/mol. The number of sulfone groups is 1. The second kappa shape index (κ2) is 5.07. The van der Waals surface area contributed by atoms with Gasteiger partial charge in [-0.25, -0.2) is 8.42 Å². The summed E-state index contributed by atoms with van der Waals surface area (Å²) in [5, 5.41) is 9.27. The van der Waals surface area contributed by atoms with Crippen LogP contribution in [0, 0.1) is 0 Å². The summed E-state index contributed by atoms with van der Waals surface area (Å²) >= 11 is 4.06. The van der Waals surface area contributed by atoms with Crippen molar-refractivity contribution in [2.75, 3.05) is 11.5 Å². The summed E-state index contributed by atoms with van der Waals surface area (Å²) in [4.78, 5) is 0.0940. The number of aryl methyl sites for hydroxylation is 1. The van der Waals surface area contributed by atoms with Gasteiger partial charge in [0, 0.05) is 5.69 Å². The first-order chi connectivity index (χ1) is 7.39. The Morgan fingerprint density at radius 1 is 1.50 bits per heavy atom. The van der Waals surface area contributed by atoms with Gasteiger partial charge in [0.25, 0.3) is 0 Å². The second-order valence-corrected chi connectivity index (χ2v) is 6.14. The Kier molecular flexibility index (Phi) is 4.23. The van der Waals surface area contributed by atoms with Gasteiger partial charge in [0.15, 0.2) is 5.44 Å². The van der Waals surface area contributed by atoms with Crippen LogP contribution >= 0.6 is 12.6 Å². The second-order valence-electron chi connectivity index (χ2n) is 3.49. The minimum absolute atomic E-state index is 0.0940. The van der Waals surface area contributed by atoms with Gasteiger partial charge in [0.1, 0.15) is 0 Å². The van der Waals surface area contributed by atoms with E-state index in [4.69, 9.17) is 5.73 Å². The van der Waals surface area contributed by atoms with E-state index in [0.717, 1.165) is 0 Å². The number of aliphatic hydroxyl groups excluding tert-OH is 1. The van der Waals surface area contributed by atoms with E-state index in [1.165, 1.54) is 13.0 Å². The molecular formula is C10H15NO3S2. The lowest BCUT2D eigenvalue weighted by atomic mass is 10.1. The fraction of sp³-hybridized carbons (Fsp3) is 0.400. The minimum atomic E-state index is -3.71. The smallest absolute Gasteiger partial charge is 0.204 e. The molecule has 0 aromatic heterocycles. The lowest BCUT2D eigenvalue weighted by Crippen LogP contribution is -2.19. The zero-order valence-electron chi connectivity index (χ0n) is 8.92.